The Morgan fingerprint density at radius 2 is 0.486 bits per heavy atom. The van der Waals surface area contributed by atoms with Crippen molar-refractivity contribution in [3.05, 3.63) is 0 Å². The van der Waals surface area contributed by atoms with E-state index in [9.17, 15) is 0 Å². The molecule has 0 aliphatic rings. The van der Waals surface area contributed by atoms with Gasteiger partial charge in [0.15, 0.2) is 0 Å². The third-order valence-electron chi connectivity index (χ3n) is 4.38. The van der Waals surface area contributed by atoms with Gasteiger partial charge < -0.3 is 52.1 Å². The lowest BCUT2D eigenvalue weighted by Gasteiger charge is -2.09. The molecule has 0 fully saturated rings. The van der Waals surface area contributed by atoms with Crippen LogP contribution in [0.2, 0.25) is 0 Å². The van der Waals surface area contributed by atoms with E-state index < -0.39 is 0 Å². The molecule has 37 heavy (non-hydrogen) atoms. The van der Waals surface area contributed by atoms with Gasteiger partial charge in [0, 0.05) is 6.61 Å². The van der Waals surface area contributed by atoms with Gasteiger partial charge in [-0.05, 0) is 20.3 Å². The van der Waals surface area contributed by atoms with E-state index in [1.807, 2.05) is 13.8 Å². The Kier molecular flexibility index (Phi) is 33.2. The van der Waals surface area contributed by atoms with Crippen molar-refractivity contribution in [3.63, 3.8) is 0 Å². The fraction of sp³-hybridized carbons (Fsp3) is 1.00. The van der Waals surface area contributed by atoms with Crippen LogP contribution in [0, 0.1) is 0 Å². The molecule has 0 atom stereocenters. The van der Waals surface area contributed by atoms with Crippen LogP contribution in [-0.2, 0) is 52.1 Å². The first-order chi connectivity index (χ1) is 18.3. The summed E-state index contributed by atoms with van der Waals surface area (Å²) in [4.78, 5) is 0. The third kappa shape index (κ3) is 35.6. The molecular weight excluding hydrogens is 488 g/mol. The molecule has 0 aromatic carbocycles. The van der Waals surface area contributed by atoms with Gasteiger partial charge in [-0.25, -0.2) is 0 Å². The zero-order valence-corrected chi connectivity index (χ0v) is 23.6. The van der Waals surface area contributed by atoms with Gasteiger partial charge in [-0.2, -0.15) is 0 Å². The standard InChI is InChI=1S/C26H54O11/c1-4-5-27-6-7-28-8-9-29-10-11-30-12-13-31-14-15-32-16-17-33-18-19-34-20-21-35-22-23-36-24-25-37-26(2)3/h26H,4-25H2,1-3H3. The Balaban J connectivity index is 3.01. The quantitative estimate of drug-likeness (QED) is 0.114. The summed E-state index contributed by atoms with van der Waals surface area (Å²) in [6.07, 6.45) is 1.26. The molecule has 0 radical (unpaired) electrons. The maximum Gasteiger partial charge on any atom is 0.0703 e. The second-order valence-electron chi connectivity index (χ2n) is 8.04. The Morgan fingerprint density at radius 1 is 0.297 bits per heavy atom. The van der Waals surface area contributed by atoms with Crippen LogP contribution in [0.3, 0.4) is 0 Å². The molecule has 0 N–H and O–H groups in total. The molecule has 0 rings (SSSR count). The fourth-order valence-corrected chi connectivity index (χ4v) is 2.57. The zero-order chi connectivity index (χ0) is 26.9. The molecule has 0 heterocycles. The van der Waals surface area contributed by atoms with Crippen LogP contribution in [0.25, 0.3) is 0 Å². The monoisotopic (exact) mass is 542 g/mol. The average Bonchev–Trinajstić information content (AvgIpc) is 2.89. The van der Waals surface area contributed by atoms with Crippen molar-refractivity contribution in [2.45, 2.75) is 33.3 Å². The molecule has 0 amide bonds. The molecular formula is C26H54O11. The molecule has 0 bridgehead atoms. The zero-order valence-electron chi connectivity index (χ0n) is 23.6. The van der Waals surface area contributed by atoms with Gasteiger partial charge in [0.2, 0.25) is 0 Å². The number of ether oxygens (including phenoxy) is 11. The van der Waals surface area contributed by atoms with Crippen molar-refractivity contribution in [1.29, 1.82) is 0 Å². The topological polar surface area (TPSA) is 102 Å². The van der Waals surface area contributed by atoms with Gasteiger partial charge >= 0.3 is 0 Å². The normalized spacial score (nSPS) is 11.7. The van der Waals surface area contributed by atoms with Gasteiger partial charge in [0.25, 0.3) is 0 Å². The van der Waals surface area contributed by atoms with Crippen molar-refractivity contribution >= 4 is 0 Å². The second-order valence-corrected chi connectivity index (χ2v) is 8.04. The summed E-state index contributed by atoms with van der Waals surface area (Å²) in [5.41, 5.74) is 0. The summed E-state index contributed by atoms with van der Waals surface area (Å²) < 4.78 is 59.6. The van der Waals surface area contributed by atoms with Gasteiger partial charge in [-0.15, -0.1) is 0 Å². The molecule has 0 saturated heterocycles. The molecule has 224 valence electrons. The van der Waals surface area contributed by atoms with E-state index in [1.165, 1.54) is 0 Å². The Labute approximate surface area is 224 Å². The van der Waals surface area contributed by atoms with Crippen molar-refractivity contribution in [3.8, 4) is 0 Å². The molecule has 0 aliphatic heterocycles. The van der Waals surface area contributed by atoms with E-state index in [0.29, 0.717) is 132 Å². The summed E-state index contributed by atoms with van der Waals surface area (Å²) in [6, 6.07) is 0. The van der Waals surface area contributed by atoms with Crippen molar-refractivity contribution < 1.29 is 52.1 Å². The van der Waals surface area contributed by atoms with Crippen LogP contribution < -0.4 is 0 Å². The molecule has 0 spiro atoms. The van der Waals surface area contributed by atoms with Crippen LogP contribution in [0.1, 0.15) is 27.2 Å². The minimum absolute atomic E-state index is 0.236. The Hall–Kier alpha value is -0.440. The summed E-state index contributed by atoms with van der Waals surface area (Å²) in [5.74, 6) is 0. The van der Waals surface area contributed by atoms with Crippen LogP contribution in [-0.4, -0.2) is 145 Å². The van der Waals surface area contributed by atoms with Crippen molar-refractivity contribution in [1.82, 2.24) is 0 Å². The highest BCUT2D eigenvalue weighted by atomic mass is 16.6. The third-order valence-corrected chi connectivity index (χ3v) is 4.38. The first-order valence-corrected chi connectivity index (χ1v) is 13.7. The molecule has 0 unspecified atom stereocenters. The fourth-order valence-electron chi connectivity index (χ4n) is 2.57. The highest BCUT2D eigenvalue weighted by Crippen LogP contribution is 1.89. The summed E-state index contributed by atoms with van der Waals surface area (Å²) >= 11 is 0. The van der Waals surface area contributed by atoms with E-state index >= 15 is 0 Å². The lowest BCUT2D eigenvalue weighted by Crippen LogP contribution is -2.15. The maximum atomic E-state index is 5.46. The lowest BCUT2D eigenvalue weighted by molar-refractivity contribution is -0.0286. The van der Waals surface area contributed by atoms with Gasteiger partial charge in [0.05, 0.1) is 138 Å². The van der Waals surface area contributed by atoms with Crippen LogP contribution in [0.5, 0.6) is 0 Å². The van der Waals surface area contributed by atoms with E-state index in [4.69, 9.17) is 52.1 Å². The first kappa shape index (κ1) is 36.6. The average molecular weight is 543 g/mol. The predicted octanol–water partition coefficient (Wildman–Crippen LogP) is 1.99. The van der Waals surface area contributed by atoms with Gasteiger partial charge in [0.1, 0.15) is 0 Å². The maximum absolute atomic E-state index is 5.46. The minimum atomic E-state index is 0.236. The number of hydrogen-bond donors (Lipinski definition) is 0. The first-order valence-electron chi connectivity index (χ1n) is 13.7. The van der Waals surface area contributed by atoms with E-state index in [0.717, 1.165) is 13.0 Å². The number of rotatable bonds is 33. The van der Waals surface area contributed by atoms with Crippen LogP contribution in [0.4, 0.5) is 0 Å². The molecule has 0 saturated carbocycles. The smallest absolute Gasteiger partial charge is 0.0703 e. The minimum Gasteiger partial charge on any atom is -0.379 e. The van der Waals surface area contributed by atoms with Crippen molar-refractivity contribution in [2.24, 2.45) is 0 Å². The summed E-state index contributed by atoms with van der Waals surface area (Å²) in [5, 5.41) is 0. The highest BCUT2D eigenvalue weighted by Gasteiger charge is 1.96. The van der Waals surface area contributed by atoms with E-state index in [1.54, 1.807) is 0 Å². The molecule has 0 aromatic heterocycles. The van der Waals surface area contributed by atoms with Crippen LogP contribution in [0.15, 0.2) is 0 Å². The second kappa shape index (κ2) is 33.6. The highest BCUT2D eigenvalue weighted by molar-refractivity contribution is 4.39. The summed E-state index contributed by atoms with van der Waals surface area (Å²) in [6.45, 7) is 17.9. The van der Waals surface area contributed by atoms with E-state index in [2.05, 4.69) is 6.92 Å². The van der Waals surface area contributed by atoms with Crippen LogP contribution >= 0.6 is 0 Å². The molecule has 0 aromatic rings. The van der Waals surface area contributed by atoms with E-state index in [-0.39, 0.29) is 6.10 Å². The number of hydrogen-bond acceptors (Lipinski definition) is 11. The Bertz CT molecular complexity index is 403. The predicted molar refractivity (Wildman–Crippen MR) is 140 cm³/mol. The van der Waals surface area contributed by atoms with Crippen molar-refractivity contribution in [2.75, 3.05) is 139 Å². The largest absolute Gasteiger partial charge is 0.379 e. The SMILES string of the molecule is CCCOCCOCCOCCOCCOCCOCCOCCOCCOCCOCCOC(C)C. The van der Waals surface area contributed by atoms with Gasteiger partial charge in [-0.1, -0.05) is 6.92 Å². The molecule has 11 heteroatoms. The molecule has 0 aliphatic carbocycles. The van der Waals surface area contributed by atoms with Gasteiger partial charge in [-0.3, -0.25) is 0 Å². The summed E-state index contributed by atoms with van der Waals surface area (Å²) in [7, 11) is 0. The molecule has 11 nitrogen and oxygen atoms in total. The Morgan fingerprint density at radius 3 is 0.676 bits per heavy atom. The lowest BCUT2D eigenvalue weighted by atomic mass is 10.5.